The van der Waals surface area contributed by atoms with E-state index in [2.05, 4.69) is 22.0 Å². The first-order chi connectivity index (χ1) is 14.0. The van der Waals surface area contributed by atoms with E-state index in [4.69, 9.17) is 10.3 Å². The summed E-state index contributed by atoms with van der Waals surface area (Å²) >= 11 is 0. The summed E-state index contributed by atoms with van der Waals surface area (Å²) in [5.74, 6) is 1.40. The Balaban J connectivity index is 0.00000171. The molecule has 1 saturated carbocycles. The molecule has 1 saturated heterocycles. The fourth-order valence-electron chi connectivity index (χ4n) is 4.58. The number of aromatic nitrogens is 2. The molecule has 0 spiro atoms. The molecule has 1 aliphatic heterocycles. The lowest BCUT2D eigenvalue weighted by atomic mass is 9.74. The van der Waals surface area contributed by atoms with Crippen LogP contribution in [-0.4, -0.2) is 57.6 Å². The Morgan fingerprint density at radius 1 is 1.16 bits per heavy atom. The minimum atomic E-state index is -0.378. The highest BCUT2D eigenvalue weighted by Crippen LogP contribution is 2.33. The molecule has 2 fully saturated rings. The van der Waals surface area contributed by atoms with Gasteiger partial charge in [0.15, 0.2) is 0 Å². The highest BCUT2D eigenvalue weighted by atomic mass is 35.5. The number of hydrogen-bond donors (Lipinski definition) is 1. The van der Waals surface area contributed by atoms with Crippen LogP contribution in [0.3, 0.4) is 0 Å². The van der Waals surface area contributed by atoms with Crippen LogP contribution >= 0.6 is 24.8 Å². The van der Waals surface area contributed by atoms with Gasteiger partial charge in [0.2, 0.25) is 17.6 Å². The molecule has 2 aromatic rings. The van der Waals surface area contributed by atoms with Crippen LogP contribution in [0.1, 0.15) is 51.5 Å². The van der Waals surface area contributed by atoms with Gasteiger partial charge in [0.1, 0.15) is 0 Å². The first-order valence-corrected chi connectivity index (χ1v) is 10.7. The van der Waals surface area contributed by atoms with E-state index >= 15 is 0 Å². The van der Waals surface area contributed by atoms with Crippen LogP contribution in [0, 0.1) is 5.92 Å². The monoisotopic (exact) mass is 469 g/mol. The van der Waals surface area contributed by atoms with Gasteiger partial charge < -0.3 is 15.2 Å². The zero-order valence-electron chi connectivity index (χ0n) is 18.2. The maximum atomic E-state index is 13.1. The summed E-state index contributed by atoms with van der Waals surface area (Å²) in [6.07, 6.45) is 4.06. The highest BCUT2D eigenvalue weighted by Gasteiger charge is 2.40. The van der Waals surface area contributed by atoms with Crippen LogP contribution in [0.5, 0.6) is 0 Å². The molecular weight excluding hydrogens is 437 g/mol. The zero-order valence-corrected chi connectivity index (χ0v) is 19.8. The topological polar surface area (TPSA) is 88.5 Å². The number of benzene rings is 1. The summed E-state index contributed by atoms with van der Waals surface area (Å²) in [5.41, 5.74) is 7.01. The smallest absolute Gasteiger partial charge is 0.244 e. The molecule has 2 heterocycles. The van der Waals surface area contributed by atoms with Gasteiger partial charge >= 0.3 is 0 Å². The Bertz CT molecular complexity index is 837. The van der Waals surface area contributed by atoms with Crippen LogP contribution in [-0.2, 0) is 4.79 Å². The minimum Gasteiger partial charge on any atom is -0.340 e. The lowest BCUT2D eigenvalue weighted by molar-refractivity contribution is -0.141. The van der Waals surface area contributed by atoms with E-state index in [9.17, 15) is 4.79 Å². The van der Waals surface area contributed by atoms with Crippen molar-refractivity contribution in [2.45, 2.75) is 51.1 Å². The van der Waals surface area contributed by atoms with Gasteiger partial charge in [0.05, 0.1) is 12.0 Å². The molecule has 7 nitrogen and oxygen atoms in total. The second-order valence-corrected chi connectivity index (χ2v) is 8.66. The summed E-state index contributed by atoms with van der Waals surface area (Å²) in [6.45, 7) is 7.14. The van der Waals surface area contributed by atoms with Crippen molar-refractivity contribution in [1.82, 2.24) is 19.9 Å². The summed E-state index contributed by atoms with van der Waals surface area (Å²) < 4.78 is 5.53. The van der Waals surface area contributed by atoms with Crippen molar-refractivity contribution in [2.75, 3.05) is 26.2 Å². The number of amides is 1. The van der Waals surface area contributed by atoms with Crippen molar-refractivity contribution in [1.29, 1.82) is 0 Å². The van der Waals surface area contributed by atoms with E-state index in [0.29, 0.717) is 11.7 Å². The Morgan fingerprint density at radius 2 is 1.84 bits per heavy atom. The predicted molar refractivity (Wildman–Crippen MR) is 125 cm³/mol. The molecule has 2 aliphatic rings. The van der Waals surface area contributed by atoms with E-state index in [1.165, 1.54) is 0 Å². The molecule has 1 aliphatic carbocycles. The molecule has 3 unspecified atom stereocenters. The first kappa shape index (κ1) is 25.6. The number of piperazine rings is 1. The van der Waals surface area contributed by atoms with Crippen LogP contribution in [0.25, 0.3) is 11.4 Å². The number of hydrogen-bond acceptors (Lipinski definition) is 6. The van der Waals surface area contributed by atoms with E-state index in [0.717, 1.165) is 57.4 Å². The summed E-state index contributed by atoms with van der Waals surface area (Å²) in [4.78, 5) is 21.9. The molecule has 1 aromatic heterocycles. The molecule has 31 heavy (non-hydrogen) atoms. The third-order valence-electron chi connectivity index (χ3n) is 6.56. The highest BCUT2D eigenvalue weighted by molar-refractivity contribution is 5.85. The van der Waals surface area contributed by atoms with Crippen LogP contribution in [0.4, 0.5) is 0 Å². The van der Waals surface area contributed by atoms with Crippen LogP contribution in [0.2, 0.25) is 0 Å². The van der Waals surface area contributed by atoms with E-state index < -0.39 is 0 Å². The third kappa shape index (κ3) is 5.58. The summed E-state index contributed by atoms with van der Waals surface area (Å²) in [6, 6.07) is 9.86. The van der Waals surface area contributed by atoms with Crippen LogP contribution in [0.15, 0.2) is 34.9 Å². The predicted octanol–water partition coefficient (Wildman–Crippen LogP) is 3.69. The van der Waals surface area contributed by atoms with Gasteiger partial charge in [-0.25, -0.2) is 0 Å². The van der Waals surface area contributed by atoms with Gasteiger partial charge in [-0.2, -0.15) is 4.98 Å². The molecule has 1 aromatic carbocycles. The maximum absolute atomic E-state index is 13.1. The van der Waals surface area contributed by atoms with Crippen molar-refractivity contribution >= 4 is 30.7 Å². The SMILES string of the molecule is CC(c1nc(-c2ccccc2)no1)N1CCN(C(=O)C2CCCCC2(C)N)CC1.Cl.Cl. The third-order valence-corrected chi connectivity index (χ3v) is 6.56. The van der Waals surface area contributed by atoms with Crippen molar-refractivity contribution in [3.05, 3.63) is 36.2 Å². The molecule has 9 heteroatoms. The second-order valence-electron chi connectivity index (χ2n) is 8.66. The summed E-state index contributed by atoms with van der Waals surface area (Å²) in [5, 5.41) is 4.13. The van der Waals surface area contributed by atoms with E-state index in [1.54, 1.807) is 0 Å². The Morgan fingerprint density at radius 3 is 2.48 bits per heavy atom. The fraction of sp³-hybridized carbons (Fsp3) is 0.591. The Kier molecular flexibility index (Phi) is 8.89. The van der Waals surface area contributed by atoms with Crippen molar-refractivity contribution < 1.29 is 9.32 Å². The molecule has 2 N–H and O–H groups in total. The van der Waals surface area contributed by atoms with Crippen molar-refractivity contribution in [3.8, 4) is 11.4 Å². The van der Waals surface area contributed by atoms with Gasteiger partial charge in [-0.3, -0.25) is 9.69 Å². The minimum absolute atomic E-state index is 0. The molecular formula is C22H33Cl2N5O2. The first-order valence-electron chi connectivity index (χ1n) is 10.7. The largest absolute Gasteiger partial charge is 0.340 e. The van der Waals surface area contributed by atoms with Gasteiger partial charge in [-0.05, 0) is 26.7 Å². The zero-order chi connectivity index (χ0) is 20.4. The number of nitrogens with two attached hydrogens (primary N) is 1. The van der Waals surface area contributed by atoms with Crippen molar-refractivity contribution in [2.24, 2.45) is 11.7 Å². The molecule has 0 radical (unpaired) electrons. The standard InChI is InChI=1S/C22H31N5O2.2ClH/c1-16(20-24-19(25-29-20)17-8-4-3-5-9-17)26-12-14-27(15-13-26)21(28)18-10-6-7-11-22(18,2)23;;/h3-5,8-9,16,18H,6-7,10-15,23H2,1-2H3;2*1H. The van der Waals surface area contributed by atoms with E-state index in [-0.39, 0.29) is 48.2 Å². The van der Waals surface area contributed by atoms with Gasteiger partial charge in [-0.1, -0.05) is 48.3 Å². The average Bonchev–Trinajstić information content (AvgIpc) is 3.23. The van der Waals surface area contributed by atoms with Crippen LogP contribution < -0.4 is 5.73 Å². The quantitative estimate of drug-likeness (QED) is 0.733. The Hall–Kier alpha value is -1.67. The van der Waals surface area contributed by atoms with Crippen molar-refractivity contribution in [3.63, 3.8) is 0 Å². The molecule has 172 valence electrons. The molecule has 0 bridgehead atoms. The lowest BCUT2D eigenvalue weighted by Gasteiger charge is -2.43. The number of carbonyl (C=O) groups excluding carboxylic acids is 1. The number of rotatable bonds is 4. The van der Waals surface area contributed by atoms with Gasteiger partial charge in [0.25, 0.3) is 0 Å². The van der Waals surface area contributed by atoms with Gasteiger partial charge in [-0.15, -0.1) is 24.8 Å². The molecule has 4 rings (SSSR count). The summed E-state index contributed by atoms with van der Waals surface area (Å²) in [7, 11) is 0. The number of carbonyl (C=O) groups is 1. The normalized spacial score (nSPS) is 25.3. The molecule has 1 amide bonds. The lowest BCUT2D eigenvalue weighted by Crippen LogP contribution is -2.57. The average molecular weight is 470 g/mol. The number of nitrogens with zero attached hydrogens (tertiary/aromatic N) is 4. The van der Waals surface area contributed by atoms with Gasteiger partial charge in [0, 0.05) is 37.3 Å². The van der Waals surface area contributed by atoms with E-state index in [1.807, 2.05) is 42.2 Å². The number of halogens is 2. The fourth-order valence-corrected chi connectivity index (χ4v) is 4.58. The Labute approximate surface area is 196 Å². The maximum Gasteiger partial charge on any atom is 0.244 e. The molecule has 3 atom stereocenters. The second kappa shape index (κ2) is 10.8.